The highest BCUT2D eigenvalue weighted by Crippen LogP contribution is 2.43. The molecule has 0 bridgehead atoms. The summed E-state index contributed by atoms with van der Waals surface area (Å²) in [5.74, 6) is -0.182. The lowest BCUT2D eigenvalue weighted by Crippen LogP contribution is -2.45. The van der Waals surface area contributed by atoms with Gasteiger partial charge in [-0.2, -0.15) is 0 Å². The number of nitrogens with one attached hydrogen (secondary N) is 1. The number of carbonyl (C=O) groups is 1. The number of nitrogens with zero attached hydrogens (tertiary/aromatic N) is 1. The number of allylic oxidation sites excluding steroid dienone is 13. The lowest BCUT2D eigenvalue weighted by atomic mass is 10.0. The minimum atomic E-state index is -4.36. The number of amides is 1. The lowest BCUT2D eigenvalue weighted by Gasteiger charge is -2.25. The summed E-state index contributed by atoms with van der Waals surface area (Å²) in [5.41, 5.74) is 0. The second-order valence-electron chi connectivity index (χ2n) is 24.9. The lowest BCUT2D eigenvalue weighted by molar-refractivity contribution is -0.870. The molecule has 0 aliphatic heterocycles. The zero-order valence-electron chi connectivity index (χ0n) is 54.7. The smallest absolute Gasteiger partial charge is 0.387 e. The van der Waals surface area contributed by atoms with E-state index in [-0.39, 0.29) is 19.1 Å². The SMILES string of the molecule is CC/C=C\C/C=C\C/C=C\C/C=C\C/C=C\CCCCCCCCCCCCCCCCCCCCCCCCCCCC(=O)NC(COP(=O)(O)OCC[N+](C)(C)C)C(O)/C=C/CC/C=C/CCCCCCCCCCCCCCC. The third-order valence-corrected chi connectivity index (χ3v) is 16.6. The summed E-state index contributed by atoms with van der Waals surface area (Å²) in [6.45, 7) is 4.71. The summed E-state index contributed by atoms with van der Waals surface area (Å²) < 4.78 is 23.8. The molecule has 0 saturated heterocycles. The highest BCUT2D eigenvalue weighted by Gasteiger charge is 2.28. The maximum atomic E-state index is 13.0. The fourth-order valence-corrected chi connectivity index (χ4v) is 10.9. The summed E-state index contributed by atoms with van der Waals surface area (Å²) in [6.07, 6.45) is 90.3. The fourth-order valence-electron chi connectivity index (χ4n) is 10.2. The summed E-state index contributed by atoms with van der Waals surface area (Å²) in [5, 5.41) is 14.0. The van der Waals surface area contributed by atoms with E-state index in [2.05, 4.69) is 92.1 Å². The molecule has 478 valence electrons. The summed E-state index contributed by atoms with van der Waals surface area (Å²) >= 11 is 0. The van der Waals surface area contributed by atoms with Gasteiger partial charge in [0.15, 0.2) is 0 Å². The molecule has 1 amide bonds. The van der Waals surface area contributed by atoms with Crippen LogP contribution in [-0.2, 0) is 18.4 Å². The van der Waals surface area contributed by atoms with Gasteiger partial charge in [0.2, 0.25) is 5.91 Å². The van der Waals surface area contributed by atoms with Gasteiger partial charge in [0.1, 0.15) is 13.2 Å². The predicted octanol–water partition coefficient (Wildman–Crippen LogP) is 22.3. The number of unbranched alkanes of at least 4 members (excludes halogenated alkanes) is 39. The number of phosphoric ester groups is 1. The molecule has 9 heteroatoms. The van der Waals surface area contributed by atoms with Crippen molar-refractivity contribution in [2.45, 2.75) is 334 Å². The van der Waals surface area contributed by atoms with Crippen molar-refractivity contribution in [3.05, 3.63) is 85.1 Å². The standard InChI is InChI=1S/C73H135N2O6P/c1-6-8-10-12-14-16-18-20-22-24-26-27-28-29-30-31-32-33-34-35-36-37-38-39-40-41-42-43-44-45-46-47-49-51-53-55-57-59-61-63-65-67-73(77)74-71(70-81-82(78,79)80-69-68-75(3,4)5)72(76)66-64-62-60-58-56-54-52-50-48-25-23-21-19-17-15-13-11-9-7-2/h8,10,14,16,20,22,26-27,29-30,56,58,64,66,71-72,76H,6-7,9,11-13,15,17-19,21,23-25,28,31-55,57,59-63,65,67-70H2,1-5H3,(H-,74,77,78,79)/p+1/b10-8-,16-14-,22-20-,27-26-,30-29-,58-56+,66-64+. The van der Waals surface area contributed by atoms with Gasteiger partial charge < -0.3 is 19.8 Å². The first kappa shape index (κ1) is 79.7. The van der Waals surface area contributed by atoms with Crippen LogP contribution in [0.25, 0.3) is 0 Å². The molecule has 3 N–H and O–H groups in total. The Balaban J connectivity index is 3.95. The van der Waals surface area contributed by atoms with Gasteiger partial charge in [-0.15, -0.1) is 0 Å². The molecule has 0 fully saturated rings. The Labute approximate surface area is 509 Å². The van der Waals surface area contributed by atoms with Gasteiger partial charge in [-0.3, -0.25) is 13.8 Å². The average Bonchev–Trinajstić information content (AvgIpc) is 3.47. The number of hydrogen-bond acceptors (Lipinski definition) is 5. The first-order valence-electron chi connectivity index (χ1n) is 35.0. The molecule has 0 spiro atoms. The van der Waals surface area contributed by atoms with E-state index in [0.29, 0.717) is 17.4 Å². The Morgan fingerprint density at radius 1 is 0.427 bits per heavy atom. The Kier molecular flexibility index (Phi) is 61.4. The molecule has 82 heavy (non-hydrogen) atoms. The molecule has 0 aromatic carbocycles. The number of aliphatic hydroxyl groups is 1. The molecular weight excluding hydrogens is 1030 g/mol. The van der Waals surface area contributed by atoms with Crippen LogP contribution in [-0.4, -0.2) is 73.4 Å². The van der Waals surface area contributed by atoms with Crippen LogP contribution < -0.4 is 5.32 Å². The van der Waals surface area contributed by atoms with Gasteiger partial charge >= 0.3 is 7.82 Å². The number of aliphatic hydroxyl groups excluding tert-OH is 1. The van der Waals surface area contributed by atoms with Gasteiger partial charge in [-0.25, -0.2) is 4.57 Å². The van der Waals surface area contributed by atoms with Crippen molar-refractivity contribution >= 4 is 13.7 Å². The molecule has 0 radical (unpaired) electrons. The van der Waals surface area contributed by atoms with Crippen LogP contribution in [0.5, 0.6) is 0 Å². The van der Waals surface area contributed by atoms with Crippen LogP contribution >= 0.6 is 7.82 Å². The van der Waals surface area contributed by atoms with E-state index in [4.69, 9.17) is 9.05 Å². The van der Waals surface area contributed by atoms with Crippen LogP contribution in [0.2, 0.25) is 0 Å². The number of carbonyl (C=O) groups excluding carboxylic acids is 1. The quantitative estimate of drug-likeness (QED) is 0.0243. The van der Waals surface area contributed by atoms with Crippen molar-refractivity contribution in [1.29, 1.82) is 0 Å². The van der Waals surface area contributed by atoms with Crippen molar-refractivity contribution in [3.63, 3.8) is 0 Å². The third-order valence-electron chi connectivity index (χ3n) is 15.6. The van der Waals surface area contributed by atoms with Crippen LogP contribution in [0.3, 0.4) is 0 Å². The van der Waals surface area contributed by atoms with Gasteiger partial charge in [0.05, 0.1) is 39.9 Å². The van der Waals surface area contributed by atoms with Gasteiger partial charge in [-0.05, 0) is 77.0 Å². The van der Waals surface area contributed by atoms with E-state index in [9.17, 15) is 19.4 Å². The highest BCUT2D eigenvalue weighted by molar-refractivity contribution is 7.47. The van der Waals surface area contributed by atoms with Crippen LogP contribution in [0.4, 0.5) is 0 Å². The monoisotopic (exact) mass is 1170 g/mol. The van der Waals surface area contributed by atoms with E-state index in [1.807, 2.05) is 27.2 Å². The second-order valence-corrected chi connectivity index (χ2v) is 26.3. The molecule has 8 nitrogen and oxygen atoms in total. The molecule has 0 heterocycles. The minimum Gasteiger partial charge on any atom is -0.387 e. The number of likely N-dealkylation sites (N-methyl/N-ethyl adjacent to an activating group) is 1. The number of quaternary nitrogens is 1. The Bertz CT molecular complexity index is 1610. The third kappa shape index (κ3) is 65.2. The Hall–Kier alpha value is -2.32. The molecule has 0 saturated carbocycles. The molecule has 0 aliphatic carbocycles. The largest absolute Gasteiger partial charge is 0.472 e. The maximum absolute atomic E-state index is 13.0. The van der Waals surface area contributed by atoms with E-state index < -0.39 is 20.0 Å². The zero-order chi connectivity index (χ0) is 59.8. The van der Waals surface area contributed by atoms with Gasteiger partial charge in [0.25, 0.3) is 0 Å². The first-order chi connectivity index (χ1) is 40.0. The second kappa shape index (κ2) is 63.2. The number of rotatable bonds is 64. The van der Waals surface area contributed by atoms with Crippen molar-refractivity contribution in [1.82, 2.24) is 5.32 Å². The number of hydrogen-bond donors (Lipinski definition) is 3. The molecule has 3 atom stereocenters. The molecule has 0 aromatic rings. The Morgan fingerprint density at radius 2 is 0.744 bits per heavy atom. The predicted molar refractivity (Wildman–Crippen MR) is 360 cm³/mol. The van der Waals surface area contributed by atoms with Crippen molar-refractivity contribution < 1.29 is 32.9 Å². The van der Waals surface area contributed by atoms with E-state index in [0.717, 1.165) is 70.6 Å². The molecule has 0 aliphatic rings. The normalized spacial score (nSPS) is 14.2. The summed E-state index contributed by atoms with van der Waals surface area (Å²) in [7, 11) is 1.56. The molecular formula is C73H136N2O6P+. The van der Waals surface area contributed by atoms with Crippen molar-refractivity contribution in [2.75, 3.05) is 40.9 Å². The van der Waals surface area contributed by atoms with Crippen LogP contribution in [0.15, 0.2) is 85.1 Å². The van der Waals surface area contributed by atoms with Gasteiger partial charge in [0, 0.05) is 6.42 Å². The number of phosphoric acid groups is 1. The minimum absolute atomic E-state index is 0.0561. The van der Waals surface area contributed by atoms with E-state index >= 15 is 0 Å². The maximum Gasteiger partial charge on any atom is 0.472 e. The Morgan fingerprint density at radius 3 is 1.12 bits per heavy atom. The highest BCUT2D eigenvalue weighted by atomic mass is 31.2. The molecule has 3 unspecified atom stereocenters. The van der Waals surface area contributed by atoms with Crippen LogP contribution in [0, 0.1) is 0 Å². The van der Waals surface area contributed by atoms with E-state index in [1.54, 1.807) is 6.08 Å². The average molecular weight is 1170 g/mol. The molecule has 0 rings (SSSR count). The van der Waals surface area contributed by atoms with Gasteiger partial charge in [-0.1, -0.05) is 324 Å². The first-order valence-corrected chi connectivity index (χ1v) is 36.5. The van der Waals surface area contributed by atoms with Crippen molar-refractivity contribution in [3.8, 4) is 0 Å². The van der Waals surface area contributed by atoms with Crippen LogP contribution in [0.1, 0.15) is 322 Å². The summed E-state index contributed by atoms with van der Waals surface area (Å²) in [6, 6.07) is -0.865. The zero-order valence-corrected chi connectivity index (χ0v) is 55.6. The van der Waals surface area contributed by atoms with Crippen molar-refractivity contribution in [2.24, 2.45) is 0 Å². The fraction of sp³-hybridized carbons (Fsp3) is 0.795. The van der Waals surface area contributed by atoms with E-state index in [1.165, 1.54) is 231 Å². The topological polar surface area (TPSA) is 105 Å². The molecule has 0 aromatic heterocycles. The summed E-state index contributed by atoms with van der Waals surface area (Å²) in [4.78, 5) is 23.4.